The van der Waals surface area contributed by atoms with Crippen LogP contribution in [0.1, 0.15) is 20.3 Å². The van der Waals surface area contributed by atoms with Gasteiger partial charge < -0.3 is 14.8 Å². The second kappa shape index (κ2) is 12.8. The van der Waals surface area contributed by atoms with Crippen LogP contribution in [0, 0.1) is 0 Å². The van der Waals surface area contributed by atoms with Crippen LogP contribution in [-0.2, 0) is 0 Å². The van der Waals surface area contributed by atoms with Crippen LogP contribution in [0.5, 0.6) is 0 Å². The van der Waals surface area contributed by atoms with Gasteiger partial charge in [-0.1, -0.05) is 72.4 Å². The lowest BCUT2D eigenvalue weighted by Gasteiger charge is -2.21. The summed E-state index contributed by atoms with van der Waals surface area (Å²) in [6.45, 7) is 8.10. The lowest BCUT2D eigenvalue weighted by molar-refractivity contribution is 0.301. The van der Waals surface area contributed by atoms with E-state index in [1.807, 2.05) is 60.7 Å². The highest BCUT2D eigenvalue weighted by Crippen LogP contribution is 2.33. The van der Waals surface area contributed by atoms with E-state index < -0.39 is 0 Å². The number of rotatable bonds is 9. The molecule has 0 saturated carbocycles. The fraction of sp³-hybridized carbons (Fsp3) is 0.226. The summed E-state index contributed by atoms with van der Waals surface area (Å²) in [5.74, 6) is 0. The van der Waals surface area contributed by atoms with E-state index in [0.717, 1.165) is 70.9 Å². The summed E-state index contributed by atoms with van der Waals surface area (Å²) in [6, 6.07) is 23.3. The molecule has 0 bridgehead atoms. The van der Waals surface area contributed by atoms with Gasteiger partial charge in [0, 0.05) is 17.9 Å². The molecule has 1 heterocycles. The Bertz CT molecular complexity index is 1690. The maximum absolute atomic E-state index is 6.46. The Morgan fingerprint density at radius 1 is 0.825 bits per heavy atom. The molecule has 206 valence electrons. The van der Waals surface area contributed by atoms with E-state index in [0.29, 0.717) is 26.6 Å². The second-order valence-corrected chi connectivity index (χ2v) is 11.0. The lowest BCUT2D eigenvalue weighted by atomic mass is 10.1. The maximum atomic E-state index is 6.46. The Kier molecular flexibility index (Phi) is 9.19. The SMILES string of the molecule is CCN(CC)CCC/N=c1\cc2n(-c3ccc(Cl)c(Cl)c3)c3ccccc3nc-2cc1Nc1ccc(Cl)c(Cl)c1. The first kappa shape index (κ1) is 28.7. The van der Waals surface area contributed by atoms with Crippen LogP contribution in [0.4, 0.5) is 11.4 Å². The quantitative estimate of drug-likeness (QED) is 0.133. The van der Waals surface area contributed by atoms with Gasteiger partial charge in [-0.2, -0.15) is 0 Å². The van der Waals surface area contributed by atoms with Crippen molar-refractivity contribution in [3.05, 3.63) is 98.2 Å². The molecule has 1 N–H and O–H groups in total. The van der Waals surface area contributed by atoms with Crippen LogP contribution >= 0.6 is 46.4 Å². The van der Waals surface area contributed by atoms with E-state index in [1.165, 1.54) is 0 Å². The van der Waals surface area contributed by atoms with Crippen LogP contribution in [0.3, 0.4) is 0 Å². The third-order valence-corrected chi connectivity index (χ3v) is 8.34. The number of para-hydroxylation sites is 2. The summed E-state index contributed by atoms with van der Waals surface area (Å²) in [4.78, 5) is 12.5. The molecule has 1 aliphatic carbocycles. The van der Waals surface area contributed by atoms with Crippen molar-refractivity contribution >= 4 is 68.8 Å². The van der Waals surface area contributed by atoms with Gasteiger partial charge in [-0.25, -0.2) is 4.98 Å². The molecule has 0 saturated heterocycles. The number of aromatic nitrogens is 2. The van der Waals surface area contributed by atoms with E-state index in [4.69, 9.17) is 56.4 Å². The van der Waals surface area contributed by atoms with Gasteiger partial charge in [-0.05, 0) is 86.7 Å². The highest BCUT2D eigenvalue weighted by Gasteiger charge is 2.17. The smallest absolute Gasteiger partial charge is 0.0900 e. The van der Waals surface area contributed by atoms with Gasteiger partial charge in [0.15, 0.2) is 0 Å². The van der Waals surface area contributed by atoms with E-state index in [9.17, 15) is 0 Å². The van der Waals surface area contributed by atoms with Gasteiger partial charge in [0.25, 0.3) is 0 Å². The summed E-state index contributed by atoms with van der Waals surface area (Å²) in [6.07, 6.45) is 0.953. The molecule has 9 heteroatoms. The molecule has 0 atom stereocenters. The number of anilines is 2. The van der Waals surface area contributed by atoms with Gasteiger partial charge in [-0.3, -0.25) is 4.99 Å². The number of fused-ring (bicyclic) bond motifs is 2. The Morgan fingerprint density at radius 3 is 2.27 bits per heavy atom. The van der Waals surface area contributed by atoms with Crippen molar-refractivity contribution < 1.29 is 0 Å². The maximum Gasteiger partial charge on any atom is 0.0900 e. The lowest BCUT2D eigenvalue weighted by Crippen LogP contribution is -2.24. The van der Waals surface area contributed by atoms with Gasteiger partial charge in [0.1, 0.15) is 0 Å². The van der Waals surface area contributed by atoms with E-state index in [1.54, 1.807) is 6.07 Å². The molecule has 5 nitrogen and oxygen atoms in total. The molecule has 3 aromatic carbocycles. The summed E-state index contributed by atoms with van der Waals surface area (Å²) in [5, 5.41) is 6.29. The zero-order chi connectivity index (χ0) is 28.2. The molecule has 0 aromatic heterocycles. The number of hydrogen-bond acceptors (Lipinski definition) is 4. The first-order valence-electron chi connectivity index (χ1n) is 13.2. The van der Waals surface area contributed by atoms with Crippen LogP contribution in [0.15, 0.2) is 77.8 Å². The fourth-order valence-electron chi connectivity index (χ4n) is 4.74. The van der Waals surface area contributed by atoms with E-state index in [-0.39, 0.29) is 0 Å². The van der Waals surface area contributed by atoms with Crippen molar-refractivity contribution in [1.29, 1.82) is 0 Å². The van der Waals surface area contributed by atoms with Crippen molar-refractivity contribution in [2.24, 2.45) is 4.99 Å². The van der Waals surface area contributed by atoms with Crippen molar-refractivity contribution in [3.8, 4) is 17.1 Å². The summed E-state index contributed by atoms with van der Waals surface area (Å²) in [7, 11) is 0. The topological polar surface area (TPSA) is 45.5 Å². The molecular formula is C31H29Cl4N5. The van der Waals surface area contributed by atoms with Gasteiger partial charge in [-0.15, -0.1) is 0 Å². The van der Waals surface area contributed by atoms with E-state index in [2.05, 4.69) is 34.7 Å². The Balaban J connectivity index is 1.70. The predicted octanol–water partition coefficient (Wildman–Crippen LogP) is 9.12. The highest BCUT2D eigenvalue weighted by atomic mass is 35.5. The van der Waals surface area contributed by atoms with Crippen molar-refractivity contribution in [2.45, 2.75) is 20.3 Å². The van der Waals surface area contributed by atoms with Gasteiger partial charge >= 0.3 is 0 Å². The van der Waals surface area contributed by atoms with Crippen LogP contribution in [0.25, 0.3) is 28.1 Å². The van der Waals surface area contributed by atoms with Gasteiger partial charge in [0.05, 0.1) is 53.6 Å². The fourth-order valence-corrected chi connectivity index (χ4v) is 5.33. The largest absolute Gasteiger partial charge is 0.354 e. The minimum Gasteiger partial charge on any atom is -0.354 e. The average Bonchev–Trinajstić information content (AvgIpc) is 2.95. The standard InChI is InChI=1S/C31H29Cl4N5/c1-3-39(4-2)15-7-14-36-27-19-31-29(18-28(27)37-20-10-12-22(32)24(34)16-20)38-26-8-5-6-9-30(26)40(31)21-11-13-23(33)25(35)17-21/h5-6,8-13,16-19,37H,3-4,7,14-15H2,1-2H3/b36-27+. The van der Waals surface area contributed by atoms with Gasteiger partial charge in [0.2, 0.25) is 0 Å². The van der Waals surface area contributed by atoms with Crippen LogP contribution in [-0.4, -0.2) is 40.6 Å². The van der Waals surface area contributed by atoms with Crippen LogP contribution in [0.2, 0.25) is 20.1 Å². The van der Waals surface area contributed by atoms with Crippen molar-refractivity contribution in [3.63, 3.8) is 0 Å². The zero-order valence-corrected chi connectivity index (χ0v) is 25.3. The van der Waals surface area contributed by atoms with Crippen molar-refractivity contribution in [2.75, 3.05) is 31.5 Å². The molecule has 5 rings (SSSR count). The second-order valence-electron chi connectivity index (χ2n) is 9.41. The highest BCUT2D eigenvalue weighted by molar-refractivity contribution is 6.42. The number of hydrogen-bond donors (Lipinski definition) is 1. The van der Waals surface area contributed by atoms with Crippen LogP contribution < -0.4 is 10.7 Å². The zero-order valence-electron chi connectivity index (χ0n) is 22.3. The monoisotopic (exact) mass is 611 g/mol. The Morgan fingerprint density at radius 2 is 1.55 bits per heavy atom. The number of benzene rings is 4. The molecule has 0 amide bonds. The normalized spacial score (nSPS) is 12.1. The molecule has 40 heavy (non-hydrogen) atoms. The summed E-state index contributed by atoms with van der Waals surface area (Å²) in [5.41, 5.74) is 6.03. The van der Waals surface area contributed by atoms with Crippen molar-refractivity contribution in [1.82, 2.24) is 14.5 Å². The minimum atomic E-state index is 0.478. The molecule has 0 radical (unpaired) electrons. The third-order valence-electron chi connectivity index (χ3n) is 6.87. The van der Waals surface area contributed by atoms with E-state index >= 15 is 0 Å². The minimum absolute atomic E-state index is 0.478. The molecular weight excluding hydrogens is 584 g/mol. The predicted molar refractivity (Wildman–Crippen MR) is 170 cm³/mol. The Labute approximate surface area is 254 Å². The summed E-state index contributed by atoms with van der Waals surface area (Å²) >= 11 is 25.2. The third kappa shape index (κ3) is 6.24. The number of halogens is 4. The number of nitrogens with one attached hydrogen (secondary N) is 1. The molecule has 1 aliphatic heterocycles. The first-order valence-corrected chi connectivity index (χ1v) is 14.7. The molecule has 0 spiro atoms. The molecule has 0 fully saturated rings. The average molecular weight is 613 g/mol. The Hall–Kier alpha value is -2.80. The number of nitrogens with zero attached hydrogens (tertiary/aromatic N) is 4. The summed E-state index contributed by atoms with van der Waals surface area (Å²) < 4.78 is 2.15. The molecule has 0 unspecified atom stereocenters. The molecule has 2 aliphatic rings. The molecule has 3 aromatic rings. The first-order chi connectivity index (χ1) is 19.4.